The van der Waals surface area contributed by atoms with Crippen LogP contribution in [-0.4, -0.2) is 0 Å². The first-order valence-electron chi connectivity index (χ1n) is 5.17. The van der Waals surface area contributed by atoms with Crippen molar-refractivity contribution < 1.29 is 0 Å². The van der Waals surface area contributed by atoms with Crippen LogP contribution >= 0.6 is 0 Å². The normalized spacial score (nSPS) is 15.3. The molecule has 0 amide bonds. The van der Waals surface area contributed by atoms with E-state index in [0.29, 0.717) is 5.92 Å². The van der Waals surface area contributed by atoms with Gasteiger partial charge in [0.1, 0.15) is 0 Å². The molecule has 1 aliphatic rings. The molecule has 0 fully saturated rings. The SMILES string of the molecule is Cc1ccc(CC2C=CC=C2)c(C)c1. The molecule has 0 N–H and O–H groups in total. The molecule has 14 heavy (non-hydrogen) atoms. The molecule has 0 heterocycles. The van der Waals surface area contributed by atoms with Crippen LogP contribution in [0.2, 0.25) is 0 Å². The van der Waals surface area contributed by atoms with Crippen LogP contribution in [-0.2, 0) is 6.42 Å². The summed E-state index contributed by atoms with van der Waals surface area (Å²) >= 11 is 0. The zero-order valence-electron chi connectivity index (χ0n) is 8.83. The number of aryl methyl sites for hydroxylation is 2. The Morgan fingerprint density at radius 2 is 1.79 bits per heavy atom. The number of rotatable bonds is 2. The molecule has 0 aromatic heterocycles. The van der Waals surface area contributed by atoms with E-state index in [1.165, 1.54) is 16.7 Å². The minimum atomic E-state index is 0.608. The van der Waals surface area contributed by atoms with Crippen molar-refractivity contribution in [2.24, 2.45) is 5.92 Å². The minimum absolute atomic E-state index is 0.608. The van der Waals surface area contributed by atoms with Gasteiger partial charge in [0.25, 0.3) is 0 Å². The van der Waals surface area contributed by atoms with E-state index >= 15 is 0 Å². The Bertz CT molecular complexity index is 371. The number of hydrogen-bond donors (Lipinski definition) is 0. The number of hydrogen-bond acceptors (Lipinski definition) is 0. The molecule has 0 aliphatic heterocycles. The highest BCUT2D eigenvalue weighted by Gasteiger charge is 2.06. The lowest BCUT2D eigenvalue weighted by Gasteiger charge is -2.09. The Morgan fingerprint density at radius 3 is 2.43 bits per heavy atom. The van der Waals surface area contributed by atoms with Crippen LogP contribution in [0.5, 0.6) is 0 Å². The predicted molar refractivity (Wildman–Crippen MR) is 61.4 cm³/mol. The van der Waals surface area contributed by atoms with E-state index in [2.05, 4.69) is 56.4 Å². The fourth-order valence-corrected chi connectivity index (χ4v) is 1.94. The summed E-state index contributed by atoms with van der Waals surface area (Å²) in [7, 11) is 0. The van der Waals surface area contributed by atoms with Crippen LogP contribution in [0.4, 0.5) is 0 Å². The predicted octanol–water partition coefficient (Wildman–Crippen LogP) is 3.59. The molecule has 1 aliphatic carbocycles. The van der Waals surface area contributed by atoms with E-state index in [-0.39, 0.29) is 0 Å². The maximum atomic E-state index is 2.26. The highest BCUT2D eigenvalue weighted by molar-refractivity contribution is 5.32. The fourth-order valence-electron chi connectivity index (χ4n) is 1.94. The quantitative estimate of drug-likeness (QED) is 0.659. The van der Waals surface area contributed by atoms with Gasteiger partial charge in [-0.15, -0.1) is 0 Å². The third-order valence-electron chi connectivity index (χ3n) is 2.78. The average Bonchev–Trinajstić information content (AvgIpc) is 2.62. The molecule has 0 spiro atoms. The van der Waals surface area contributed by atoms with E-state index in [1.807, 2.05) is 0 Å². The Hall–Kier alpha value is -1.30. The van der Waals surface area contributed by atoms with Gasteiger partial charge in [-0.2, -0.15) is 0 Å². The fraction of sp³-hybridized carbons (Fsp3) is 0.286. The summed E-state index contributed by atoms with van der Waals surface area (Å²) in [5.41, 5.74) is 4.24. The second-order valence-corrected chi connectivity index (χ2v) is 4.07. The van der Waals surface area contributed by atoms with Crippen molar-refractivity contribution in [3.05, 3.63) is 59.2 Å². The molecule has 1 aromatic rings. The number of allylic oxidation sites excluding steroid dienone is 4. The van der Waals surface area contributed by atoms with Crippen molar-refractivity contribution in [2.45, 2.75) is 20.3 Å². The minimum Gasteiger partial charge on any atom is -0.0773 e. The first-order valence-corrected chi connectivity index (χ1v) is 5.17. The highest BCUT2D eigenvalue weighted by Crippen LogP contribution is 2.19. The Morgan fingerprint density at radius 1 is 1.07 bits per heavy atom. The Balaban J connectivity index is 2.16. The summed E-state index contributed by atoms with van der Waals surface area (Å²) in [6.45, 7) is 4.34. The Labute approximate surface area is 86.0 Å². The van der Waals surface area contributed by atoms with Crippen molar-refractivity contribution in [3.63, 3.8) is 0 Å². The summed E-state index contributed by atoms with van der Waals surface area (Å²) in [4.78, 5) is 0. The standard InChI is InChI=1S/C14H16/c1-11-7-8-14(12(2)9-11)10-13-5-3-4-6-13/h3-9,13H,10H2,1-2H3. The monoisotopic (exact) mass is 184 g/mol. The maximum absolute atomic E-state index is 2.26. The number of benzene rings is 1. The first-order chi connectivity index (χ1) is 6.75. The zero-order valence-corrected chi connectivity index (χ0v) is 8.83. The molecule has 0 heteroatoms. The molecule has 0 radical (unpaired) electrons. The topological polar surface area (TPSA) is 0 Å². The van der Waals surface area contributed by atoms with E-state index in [1.54, 1.807) is 0 Å². The van der Waals surface area contributed by atoms with Crippen LogP contribution in [0.3, 0.4) is 0 Å². The molecule has 0 atom stereocenters. The highest BCUT2D eigenvalue weighted by atomic mass is 14.1. The first kappa shape index (κ1) is 9.26. The smallest absolute Gasteiger partial charge is 0.000673 e. The second kappa shape index (κ2) is 3.83. The molecule has 0 bridgehead atoms. The van der Waals surface area contributed by atoms with E-state index in [0.717, 1.165) is 6.42 Å². The zero-order chi connectivity index (χ0) is 9.97. The van der Waals surface area contributed by atoms with E-state index in [9.17, 15) is 0 Å². The van der Waals surface area contributed by atoms with Gasteiger partial charge in [0, 0.05) is 0 Å². The summed E-state index contributed by atoms with van der Waals surface area (Å²) in [5.74, 6) is 0.608. The lowest BCUT2D eigenvalue weighted by atomic mass is 9.96. The lowest BCUT2D eigenvalue weighted by Crippen LogP contribution is -1.98. The van der Waals surface area contributed by atoms with Gasteiger partial charge < -0.3 is 0 Å². The van der Waals surface area contributed by atoms with E-state index in [4.69, 9.17) is 0 Å². The van der Waals surface area contributed by atoms with Crippen LogP contribution < -0.4 is 0 Å². The third kappa shape index (κ3) is 1.95. The maximum Gasteiger partial charge on any atom is -0.000673 e. The van der Waals surface area contributed by atoms with Crippen LogP contribution in [0.15, 0.2) is 42.5 Å². The molecule has 0 unspecified atom stereocenters. The van der Waals surface area contributed by atoms with Gasteiger partial charge in [0.05, 0.1) is 0 Å². The lowest BCUT2D eigenvalue weighted by molar-refractivity contribution is 0.810. The summed E-state index contributed by atoms with van der Waals surface area (Å²) in [6, 6.07) is 6.72. The average molecular weight is 184 g/mol. The van der Waals surface area contributed by atoms with Crippen molar-refractivity contribution in [1.82, 2.24) is 0 Å². The van der Waals surface area contributed by atoms with Gasteiger partial charge in [0.15, 0.2) is 0 Å². The second-order valence-electron chi connectivity index (χ2n) is 4.07. The van der Waals surface area contributed by atoms with Crippen molar-refractivity contribution >= 4 is 0 Å². The van der Waals surface area contributed by atoms with Gasteiger partial charge in [-0.1, -0.05) is 48.1 Å². The molecule has 0 saturated carbocycles. The van der Waals surface area contributed by atoms with Gasteiger partial charge in [-0.25, -0.2) is 0 Å². The summed E-state index contributed by atoms with van der Waals surface area (Å²) < 4.78 is 0. The van der Waals surface area contributed by atoms with Crippen molar-refractivity contribution in [2.75, 3.05) is 0 Å². The van der Waals surface area contributed by atoms with Crippen molar-refractivity contribution in [3.8, 4) is 0 Å². The van der Waals surface area contributed by atoms with Crippen LogP contribution in [0.25, 0.3) is 0 Å². The molecule has 72 valence electrons. The van der Waals surface area contributed by atoms with Gasteiger partial charge in [-0.3, -0.25) is 0 Å². The third-order valence-corrected chi connectivity index (χ3v) is 2.78. The van der Waals surface area contributed by atoms with Crippen LogP contribution in [0.1, 0.15) is 16.7 Å². The Kier molecular flexibility index (Phi) is 2.53. The van der Waals surface area contributed by atoms with Gasteiger partial charge >= 0.3 is 0 Å². The largest absolute Gasteiger partial charge is 0.0773 e. The molecular formula is C14H16. The molecule has 2 rings (SSSR count). The van der Waals surface area contributed by atoms with Gasteiger partial charge in [-0.05, 0) is 37.3 Å². The summed E-state index contributed by atoms with van der Waals surface area (Å²) in [5, 5.41) is 0. The van der Waals surface area contributed by atoms with Crippen LogP contribution in [0, 0.1) is 19.8 Å². The molecule has 0 saturated heterocycles. The van der Waals surface area contributed by atoms with Crippen molar-refractivity contribution in [1.29, 1.82) is 0 Å². The van der Waals surface area contributed by atoms with E-state index < -0.39 is 0 Å². The summed E-state index contributed by atoms with van der Waals surface area (Å²) in [6.07, 6.45) is 9.93. The van der Waals surface area contributed by atoms with Gasteiger partial charge in [0.2, 0.25) is 0 Å². The molecule has 0 nitrogen and oxygen atoms in total. The molecule has 1 aromatic carbocycles. The molecular weight excluding hydrogens is 168 g/mol.